The lowest BCUT2D eigenvalue weighted by Crippen LogP contribution is -1.95. The van der Waals surface area contributed by atoms with Crippen molar-refractivity contribution in [1.82, 2.24) is 0 Å². The molecule has 0 fully saturated rings. The Balaban J connectivity index is 2.17. The van der Waals surface area contributed by atoms with Gasteiger partial charge in [0.15, 0.2) is 0 Å². The van der Waals surface area contributed by atoms with Gasteiger partial charge in [0.2, 0.25) is 0 Å². The van der Waals surface area contributed by atoms with Crippen LogP contribution in [0, 0.1) is 6.92 Å². The van der Waals surface area contributed by atoms with E-state index in [0.717, 1.165) is 10.9 Å². The summed E-state index contributed by atoms with van der Waals surface area (Å²) in [5.74, 6) is 0. The third-order valence-corrected chi connectivity index (χ3v) is 4.43. The van der Waals surface area contributed by atoms with Crippen LogP contribution < -0.4 is 0 Å². The van der Waals surface area contributed by atoms with Gasteiger partial charge in [0, 0.05) is 15.8 Å². The summed E-state index contributed by atoms with van der Waals surface area (Å²) in [5, 5.41) is 2.12. The second kappa shape index (κ2) is 5.35. The predicted molar refractivity (Wildman–Crippen MR) is 75.5 cm³/mol. The minimum absolute atomic E-state index is 0.0358. The topological polar surface area (TPSA) is 0 Å². The number of alkyl halides is 1. The lowest BCUT2D eigenvalue weighted by Gasteiger charge is -2.11. The molecule has 1 unspecified atom stereocenters. The minimum Gasteiger partial charge on any atom is -0.149 e. The van der Waals surface area contributed by atoms with Crippen molar-refractivity contribution in [3.05, 3.63) is 56.2 Å². The van der Waals surface area contributed by atoms with Crippen LogP contribution in [0.5, 0.6) is 0 Å². The number of hydrogen-bond acceptors (Lipinski definition) is 1. The fraction of sp³-hybridized carbons (Fsp3) is 0.231. The Morgan fingerprint density at radius 2 is 2.19 bits per heavy atom. The summed E-state index contributed by atoms with van der Waals surface area (Å²) in [4.78, 5) is 1.33. The second-order valence-corrected chi connectivity index (χ2v) is 6.19. The summed E-state index contributed by atoms with van der Waals surface area (Å²) in [5.41, 5.74) is 2.41. The highest BCUT2D eigenvalue weighted by Crippen LogP contribution is 2.32. The number of rotatable bonds is 3. The lowest BCUT2D eigenvalue weighted by molar-refractivity contribution is 0.931. The largest absolute Gasteiger partial charge is 0.149 e. The molecule has 2 rings (SSSR count). The van der Waals surface area contributed by atoms with E-state index in [-0.39, 0.29) is 5.38 Å². The van der Waals surface area contributed by atoms with E-state index in [1.165, 1.54) is 16.0 Å². The van der Waals surface area contributed by atoms with Gasteiger partial charge in [-0.25, -0.2) is 0 Å². The number of benzene rings is 1. The Kier molecular flexibility index (Phi) is 4.06. The van der Waals surface area contributed by atoms with Crippen LogP contribution in [-0.2, 0) is 6.42 Å². The number of aryl methyl sites for hydroxylation is 1. The van der Waals surface area contributed by atoms with E-state index < -0.39 is 0 Å². The standard InChI is InChI=1S/C13H12BrClS/c1-9-4-5-11(12(14)7-9)13(15)8-10-3-2-6-16-10/h2-7,13H,8H2,1H3. The van der Waals surface area contributed by atoms with Crippen molar-refractivity contribution in [2.75, 3.05) is 0 Å². The van der Waals surface area contributed by atoms with Crippen LogP contribution in [0.1, 0.15) is 21.4 Å². The maximum absolute atomic E-state index is 6.43. The van der Waals surface area contributed by atoms with Crippen LogP contribution in [0.2, 0.25) is 0 Å². The molecule has 0 aliphatic heterocycles. The molecule has 0 saturated carbocycles. The zero-order valence-corrected chi connectivity index (χ0v) is 12.1. The van der Waals surface area contributed by atoms with E-state index >= 15 is 0 Å². The molecule has 1 heterocycles. The molecule has 0 amide bonds. The first-order valence-corrected chi connectivity index (χ1v) is 7.20. The zero-order valence-electron chi connectivity index (χ0n) is 8.91. The molecule has 1 aromatic heterocycles. The maximum atomic E-state index is 6.43. The first kappa shape index (κ1) is 12.2. The zero-order chi connectivity index (χ0) is 11.5. The molecular weight excluding hydrogens is 304 g/mol. The van der Waals surface area contributed by atoms with Gasteiger partial charge in [0.05, 0.1) is 5.38 Å². The highest BCUT2D eigenvalue weighted by atomic mass is 79.9. The molecule has 0 aliphatic rings. The summed E-state index contributed by atoms with van der Waals surface area (Å²) in [6.45, 7) is 2.08. The summed E-state index contributed by atoms with van der Waals surface area (Å²) in [6.07, 6.45) is 0.890. The molecule has 0 nitrogen and oxygen atoms in total. The normalized spacial score (nSPS) is 12.7. The fourth-order valence-corrected chi connectivity index (χ4v) is 3.70. The molecule has 0 saturated heterocycles. The van der Waals surface area contributed by atoms with Crippen molar-refractivity contribution in [2.45, 2.75) is 18.7 Å². The molecule has 0 aliphatic carbocycles. The van der Waals surface area contributed by atoms with Gasteiger partial charge in [0.1, 0.15) is 0 Å². The fourth-order valence-electron chi connectivity index (χ4n) is 1.60. The van der Waals surface area contributed by atoms with Crippen molar-refractivity contribution in [3.8, 4) is 0 Å². The van der Waals surface area contributed by atoms with Crippen molar-refractivity contribution >= 4 is 38.9 Å². The lowest BCUT2D eigenvalue weighted by atomic mass is 10.1. The molecule has 0 radical (unpaired) electrons. The molecule has 16 heavy (non-hydrogen) atoms. The van der Waals surface area contributed by atoms with Crippen molar-refractivity contribution in [1.29, 1.82) is 0 Å². The Morgan fingerprint density at radius 3 is 2.81 bits per heavy atom. The Bertz CT molecular complexity index is 465. The summed E-state index contributed by atoms with van der Waals surface area (Å²) in [6, 6.07) is 10.5. The van der Waals surface area contributed by atoms with E-state index in [1.807, 2.05) is 0 Å². The molecular formula is C13H12BrClS. The van der Waals surface area contributed by atoms with E-state index in [9.17, 15) is 0 Å². The van der Waals surface area contributed by atoms with E-state index in [0.29, 0.717) is 0 Å². The molecule has 1 atom stereocenters. The van der Waals surface area contributed by atoms with Crippen LogP contribution in [0.3, 0.4) is 0 Å². The maximum Gasteiger partial charge on any atom is 0.0644 e. The van der Waals surface area contributed by atoms with Gasteiger partial charge in [-0.15, -0.1) is 22.9 Å². The average molecular weight is 316 g/mol. The van der Waals surface area contributed by atoms with Gasteiger partial charge in [-0.2, -0.15) is 0 Å². The van der Waals surface area contributed by atoms with Crippen LogP contribution in [0.4, 0.5) is 0 Å². The molecule has 2 aromatic rings. The van der Waals surface area contributed by atoms with E-state index in [4.69, 9.17) is 11.6 Å². The first-order chi connectivity index (χ1) is 7.66. The minimum atomic E-state index is 0.0358. The predicted octanol–water partition coefficient (Wildman–Crippen LogP) is 5.34. The van der Waals surface area contributed by atoms with Crippen LogP contribution in [0.15, 0.2) is 40.2 Å². The first-order valence-electron chi connectivity index (χ1n) is 5.09. The van der Waals surface area contributed by atoms with E-state index in [2.05, 4.69) is 58.6 Å². The summed E-state index contributed by atoms with van der Waals surface area (Å²) < 4.78 is 1.10. The van der Waals surface area contributed by atoms with Gasteiger partial charge in [0.25, 0.3) is 0 Å². The van der Waals surface area contributed by atoms with Gasteiger partial charge in [-0.3, -0.25) is 0 Å². The molecule has 1 aromatic carbocycles. The smallest absolute Gasteiger partial charge is 0.0644 e. The van der Waals surface area contributed by atoms with Crippen molar-refractivity contribution < 1.29 is 0 Å². The van der Waals surface area contributed by atoms with Crippen molar-refractivity contribution in [3.63, 3.8) is 0 Å². The average Bonchev–Trinajstić information content (AvgIpc) is 2.70. The highest BCUT2D eigenvalue weighted by molar-refractivity contribution is 9.10. The van der Waals surface area contributed by atoms with Crippen molar-refractivity contribution in [2.24, 2.45) is 0 Å². The van der Waals surface area contributed by atoms with Gasteiger partial charge < -0.3 is 0 Å². The van der Waals surface area contributed by atoms with Gasteiger partial charge in [-0.1, -0.05) is 34.1 Å². The summed E-state index contributed by atoms with van der Waals surface area (Å²) >= 11 is 11.8. The number of halogens is 2. The summed E-state index contributed by atoms with van der Waals surface area (Å²) in [7, 11) is 0. The van der Waals surface area contributed by atoms with Crippen LogP contribution in [-0.4, -0.2) is 0 Å². The van der Waals surface area contributed by atoms with Crippen LogP contribution >= 0.6 is 38.9 Å². The highest BCUT2D eigenvalue weighted by Gasteiger charge is 2.12. The Hall–Kier alpha value is -0.310. The quantitative estimate of drug-likeness (QED) is 0.670. The molecule has 3 heteroatoms. The molecule has 0 bridgehead atoms. The van der Waals surface area contributed by atoms with Crippen LogP contribution in [0.25, 0.3) is 0 Å². The Labute approximate surface area is 113 Å². The monoisotopic (exact) mass is 314 g/mol. The molecule has 84 valence electrons. The molecule has 0 N–H and O–H groups in total. The van der Waals surface area contributed by atoms with Gasteiger partial charge >= 0.3 is 0 Å². The number of hydrogen-bond donors (Lipinski definition) is 0. The third kappa shape index (κ3) is 2.88. The molecule has 0 spiro atoms. The second-order valence-electron chi connectivity index (χ2n) is 3.78. The Morgan fingerprint density at radius 1 is 1.38 bits per heavy atom. The SMILES string of the molecule is Cc1ccc(C(Cl)Cc2cccs2)c(Br)c1. The van der Waals surface area contributed by atoms with E-state index in [1.54, 1.807) is 11.3 Å². The van der Waals surface area contributed by atoms with Gasteiger partial charge in [-0.05, 0) is 35.6 Å². The number of thiophene rings is 1. The third-order valence-electron chi connectivity index (χ3n) is 2.45.